The summed E-state index contributed by atoms with van der Waals surface area (Å²) in [5.74, 6) is -0.619. The van der Waals surface area contributed by atoms with Gasteiger partial charge in [-0.2, -0.15) is 8.78 Å². The minimum atomic E-state index is -3.87. The molecule has 1 aromatic heterocycles. The van der Waals surface area contributed by atoms with E-state index < -0.39 is 29.1 Å². The fourth-order valence-electron chi connectivity index (χ4n) is 3.75. The van der Waals surface area contributed by atoms with Crippen LogP contribution in [0.25, 0.3) is 22.0 Å². The second kappa shape index (κ2) is 8.09. The van der Waals surface area contributed by atoms with Crippen molar-refractivity contribution >= 4 is 48.9 Å². The van der Waals surface area contributed by atoms with Gasteiger partial charge in [-0.15, -0.1) is 11.3 Å². The van der Waals surface area contributed by atoms with Crippen molar-refractivity contribution in [2.75, 3.05) is 16.2 Å². The molecule has 0 bridgehead atoms. The van der Waals surface area contributed by atoms with Gasteiger partial charge < -0.3 is 10.1 Å². The van der Waals surface area contributed by atoms with Crippen LogP contribution in [0.3, 0.4) is 0 Å². The van der Waals surface area contributed by atoms with Gasteiger partial charge in [-0.3, -0.25) is 9.10 Å². The molecule has 0 atom stereocenters. The van der Waals surface area contributed by atoms with Crippen LogP contribution in [-0.2, 0) is 14.8 Å². The number of carbonyl (C=O) groups is 1. The van der Waals surface area contributed by atoms with Crippen molar-refractivity contribution < 1.29 is 26.7 Å². The lowest BCUT2D eigenvalue weighted by molar-refractivity contribution is -0.114. The van der Waals surface area contributed by atoms with Gasteiger partial charge in [-0.1, -0.05) is 36.4 Å². The highest BCUT2D eigenvalue weighted by molar-refractivity contribution is 7.93. The predicted octanol–water partition coefficient (Wildman–Crippen LogP) is 4.71. The Bertz CT molecular complexity index is 1480. The first-order valence-electron chi connectivity index (χ1n) is 9.68. The van der Waals surface area contributed by atoms with E-state index >= 15 is 0 Å². The van der Waals surface area contributed by atoms with E-state index in [-0.39, 0.29) is 15.8 Å². The maximum Gasteiger partial charge on any atom is 0.387 e. The summed E-state index contributed by atoms with van der Waals surface area (Å²) in [5.41, 5.74) is 1.13. The molecule has 33 heavy (non-hydrogen) atoms. The molecule has 2 heterocycles. The number of hydrogen-bond donors (Lipinski definition) is 1. The summed E-state index contributed by atoms with van der Waals surface area (Å²) in [5, 5.41) is 5.73. The van der Waals surface area contributed by atoms with Crippen LogP contribution in [-0.4, -0.2) is 32.5 Å². The summed E-state index contributed by atoms with van der Waals surface area (Å²) in [6, 6.07) is 16.4. The van der Waals surface area contributed by atoms with Gasteiger partial charge in [0.25, 0.3) is 10.0 Å². The highest BCUT2D eigenvalue weighted by Gasteiger charge is 2.36. The lowest BCUT2D eigenvalue weighted by Crippen LogP contribution is -2.35. The first kappa shape index (κ1) is 21.3. The van der Waals surface area contributed by atoms with Gasteiger partial charge in [0.1, 0.15) is 12.3 Å². The second-order valence-corrected chi connectivity index (χ2v) is 9.79. The quantitative estimate of drug-likeness (QED) is 0.426. The summed E-state index contributed by atoms with van der Waals surface area (Å²) in [7, 11) is -3.87. The Balaban J connectivity index is 1.37. The monoisotopic (exact) mass is 487 g/mol. The smallest absolute Gasteiger partial charge is 0.387 e. The van der Waals surface area contributed by atoms with Gasteiger partial charge in [-0.05, 0) is 29.7 Å². The van der Waals surface area contributed by atoms with Crippen molar-refractivity contribution in [3.8, 4) is 17.0 Å². The molecular weight excluding hydrogens is 472 g/mol. The summed E-state index contributed by atoms with van der Waals surface area (Å²) in [4.78, 5) is 17.1. The fourth-order valence-corrected chi connectivity index (χ4v) is 6.14. The molecule has 4 aromatic rings. The van der Waals surface area contributed by atoms with Gasteiger partial charge in [0.15, 0.2) is 5.13 Å². The molecule has 5 rings (SSSR count). The minimum Gasteiger partial charge on any atom is -0.434 e. The van der Waals surface area contributed by atoms with E-state index in [1.54, 1.807) is 41.8 Å². The van der Waals surface area contributed by atoms with E-state index in [2.05, 4.69) is 15.0 Å². The zero-order chi connectivity index (χ0) is 23.2. The van der Waals surface area contributed by atoms with E-state index in [0.717, 1.165) is 21.0 Å². The lowest BCUT2D eigenvalue weighted by atomic mass is 10.1. The summed E-state index contributed by atoms with van der Waals surface area (Å²) in [6.07, 6.45) is 0. The molecule has 1 amide bonds. The van der Waals surface area contributed by atoms with E-state index in [0.29, 0.717) is 22.3 Å². The number of sulfonamides is 1. The Hall–Kier alpha value is -3.57. The Morgan fingerprint density at radius 2 is 1.85 bits per heavy atom. The molecule has 11 heteroatoms. The number of nitrogens with one attached hydrogen (secondary N) is 1. The molecule has 0 radical (unpaired) electrons. The molecule has 0 aliphatic carbocycles. The molecular formula is C22H15F2N3O4S2. The van der Waals surface area contributed by atoms with E-state index in [4.69, 9.17) is 0 Å². The molecule has 168 valence electrons. The summed E-state index contributed by atoms with van der Waals surface area (Å²) < 4.78 is 57.0. The van der Waals surface area contributed by atoms with E-state index in [9.17, 15) is 22.0 Å². The Kier molecular flexibility index (Phi) is 5.22. The number of amides is 1. The van der Waals surface area contributed by atoms with E-state index in [1.807, 2.05) is 12.1 Å². The number of para-hydroxylation sites is 1. The van der Waals surface area contributed by atoms with Crippen LogP contribution in [0.4, 0.5) is 19.6 Å². The SMILES string of the molecule is O=C(CN1c2cccc3cccc(c23)S1(=O)=O)Nc1nc(-c2ccccc2OC(F)F)cs1. The number of thiazole rings is 1. The zero-order valence-corrected chi connectivity index (χ0v) is 18.4. The van der Waals surface area contributed by atoms with Crippen LogP contribution in [0.5, 0.6) is 5.75 Å². The number of anilines is 2. The molecule has 0 fully saturated rings. The molecule has 1 aliphatic heterocycles. The second-order valence-electron chi connectivity index (χ2n) is 7.10. The number of nitrogens with zero attached hydrogens (tertiary/aromatic N) is 2. The first-order chi connectivity index (χ1) is 15.8. The molecule has 0 spiro atoms. The van der Waals surface area contributed by atoms with Crippen molar-refractivity contribution in [1.29, 1.82) is 0 Å². The van der Waals surface area contributed by atoms with E-state index in [1.165, 1.54) is 12.1 Å². The van der Waals surface area contributed by atoms with Crippen LogP contribution >= 0.6 is 11.3 Å². The maximum absolute atomic E-state index is 13.0. The minimum absolute atomic E-state index is 0.0373. The molecule has 1 N–H and O–H groups in total. The molecule has 3 aromatic carbocycles. The third-order valence-corrected chi connectivity index (χ3v) is 7.66. The molecule has 1 aliphatic rings. The normalized spacial score (nSPS) is 14.1. The Morgan fingerprint density at radius 3 is 2.64 bits per heavy atom. The van der Waals surface area contributed by atoms with Crippen molar-refractivity contribution in [2.24, 2.45) is 0 Å². The summed E-state index contributed by atoms with van der Waals surface area (Å²) >= 11 is 1.09. The Morgan fingerprint density at radius 1 is 1.09 bits per heavy atom. The average molecular weight is 488 g/mol. The third kappa shape index (κ3) is 3.79. The lowest BCUT2D eigenvalue weighted by Gasteiger charge is -2.17. The number of halogens is 2. The van der Waals surface area contributed by atoms with Gasteiger partial charge in [0.05, 0.1) is 16.3 Å². The van der Waals surface area contributed by atoms with Crippen molar-refractivity contribution in [1.82, 2.24) is 4.98 Å². The van der Waals surface area contributed by atoms with Crippen LogP contribution in [0.15, 0.2) is 70.9 Å². The predicted molar refractivity (Wildman–Crippen MR) is 121 cm³/mol. The third-order valence-electron chi connectivity index (χ3n) is 5.10. The van der Waals surface area contributed by atoms with Crippen LogP contribution in [0, 0.1) is 0 Å². The standard InChI is InChI=1S/C22H15F2N3O4S2/c23-21(24)31-17-9-2-1-7-14(17)15-12-32-22(25-15)26-19(28)11-27-16-8-3-5-13-6-4-10-18(20(13)16)33(27,29)30/h1-10,12,21H,11H2,(H,25,26,28). The molecule has 0 saturated heterocycles. The van der Waals surface area contributed by atoms with Crippen LogP contribution in [0.1, 0.15) is 0 Å². The highest BCUT2D eigenvalue weighted by atomic mass is 32.2. The zero-order valence-electron chi connectivity index (χ0n) is 16.7. The number of aromatic nitrogens is 1. The molecule has 7 nitrogen and oxygen atoms in total. The maximum atomic E-state index is 13.0. The number of carbonyl (C=O) groups excluding carboxylic acids is 1. The largest absolute Gasteiger partial charge is 0.434 e. The average Bonchev–Trinajstić information content (AvgIpc) is 3.32. The highest BCUT2D eigenvalue weighted by Crippen LogP contribution is 2.41. The van der Waals surface area contributed by atoms with Crippen molar-refractivity contribution in [3.63, 3.8) is 0 Å². The number of benzene rings is 3. The van der Waals surface area contributed by atoms with Gasteiger partial charge in [-0.25, -0.2) is 13.4 Å². The number of hydrogen-bond acceptors (Lipinski definition) is 6. The number of rotatable bonds is 6. The Labute approximate surface area is 191 Å². The van der Waals surface area contributed by atoms with Crippen LogP contribution in [0.2, 0.25) is 0 Å². The van der Waals surface area contributed by atoms with Gasteiger partial charge in [0.2, 0.25) is 5.91 Å². The van der Waals surface area contributed by atoms with Crippen molar-refractivity contribution in [2.45, 2.75) is 11.5 Å². The molecule has 0 saturated carbocycles. The van der Waals surface area contributed by atoms with Gasteiger partial charge in [0, 0.05) is 16.3 Å². The van der Waals surface area contributed by atoms with Gasteiger partial charge >= 0.3 is 6.61 Å². The summed E-state index contributed by atoms with van der Waals surface area (Å²) in [6.45, 7) is -3.42. The van der Waals surface area contributed by atoms with Crippen molar-refractivity contribution in [3.05, 3.63) is 66.0 Å². The van der Waals surface area contributed by atoms with Crippen LogP contribution < -0.4 is 14.4 Å². The molecule has 0 unspecified atom stereocenters. The first-order valence-corrected chi connectivity index (χ1v) is 12.0. The fraction of sp³-hybridized carbons (Fsp3) is 0.0909. The number of alkyl halides is 2. The number of ether oxygens (including phenoxy) is 1. The topological polar surface area (TPSA) is 88.6 Å².